The quantitative estimate of drug-likeness (QED) is 0.660. The topological polar surface area (TPSA) is 3.24 Å². The molecule has 0 radical (unpaired) electrons. The van der Waals surface area contributed by atoms with Crippen LogP contribution in [0.25, 0.3) is 0 Å². The standard InChI is InChI=1S/C19H37N/c1-15-10-6-8-12-17(15)20(14-19(3,4)5)18-13-9-7-11-16(18)2/h15-18H,6-14H2,1-5H3. The molecule has 4 atom stereocenters. The highest BCUT2D eigenvalue weighted by Crippen LogP contribution is 2.37. The van der Waals surface area contributed by atoms with Crippen molar-refractivity contribution in [1.29, 1.82) is 0 Å². The third-order valence-electron chi connectivity index (χ3n) is 5.64. The van der Waals surface area contributed by atoms with Gasteiger partial charge in [-0.05, 0) is 42.9 Å². The van der Waals surface area contributed by atoms with Crippen molar-refractivity contribution in [3.63, 3.8) is 0 Å². The van der Waals surface area contributed by atoms with Crippen LogP contribution in [0.3, 0.4) is 0 Å². The SMILES string of the molecule is CC1CCCCC1N(CC(C)(C)C)C1CCCCC1C. The fourth-order valence-electron chi connectivity index (χ4n) is 4.61. The summed E-state index contributed by atoms with van der Waals surface area (Å²) in [5, 5.41) is 0. The van der Waals surface area contributed by atoms with Crippen LogP contribution >= 0.6 is 0 Å². The maximum atomic E-state index is 2.97. The smallest absolute Gasteiger partial charge is 0.0124 e. The maximum Gasteiger partial charge on any atom is 0.0124 e. The van der Waals surface area contributed by atoms with Crippen LogP contribution < -0.4 is 0 Å². The first kappa shape index (κ1) is 16.3. The molecule has 20 heavy (non-hydrogen) atoms. The summed E-state index contributed by atoms with van der Waals surface area (Å²) in [6.45, 7) is 13.6. The molecule has 0 aliphatic heterocycles. The third kappa shape index (κ3) is 4.23. The zero-order valence-corrected chi connectivity index (χ0v) is 14.6. The molecule has 0 aromatic rings. The molecule has 0 aromatic heterocycles. The van der Waals surface area contributed by atoms with Crippen LogP contribution in [0, 0.1) is 17.3 Å². The second-order valence-corrected chi connectivity index (χ2v) is 8.89. The van der Waals surface area contributed by atoms with Crippen molar-refractivity contribution < 1.29 is 0 Å². The van der Waals surface area contributed by atoms with Gasteiger partial charge >= 0.3 is 0 Å². The Labute approximate surface area is 127 Å². The molecule has 0 heterocycles. The van der Waals surface area contributed by atoms with Crippen LogP contribution in [0.1, 0.15) is 86.0 Å². The predicted molar refractivity (Wildman–Crippen MR) is 89.0 cm³/mol. The van der Waals surface area contributed by atoms with Crippen LogP contribution in [-0.2, 0) is 0 Å². The van der Waals surface area contributed by atoms with Gasteiger partial charge in [-0.25, -0.2) is 0 Å². The second-order valence-electron chi connectivity index (χ2n) is 8.89. The Kier molecular flexibility index (Phi) is 5.56. The van der Waals surface area contributed by atoms with Crippen molar-refractivity contribution in [2.24, 2.45) is 17.3 Å². The van der Waals surface area contributed by atoms with Gasteiger partial charge in [-0.15, -0.1) is 0 Å². The summed E-state index contributed by atoms with van der Waals surface area (Å²) >= 11 is 0. The van der Waals surface area contributed by atoms with Crippen molar-refractivity contribution in [3.05, 3.63) is 0 Å². The van der Waals surface area contributed by atoms with E-state index in [0.717, 1.165) is 23.9 Å². The summed E-state index contributed by atoms with van der Waals surface area (Å²) in [4.78, 5) is 2.97. The molecule has 0 bridgehead atoms. The number of rotatable bonds is 3. The lowest BCUT2D eigenvalue weighted by atomic mass is 9.78. The molecule has 0 saturated heterocycles. The lowest BCUT2D eigenvalue weighted by molar-refractivity contribution is 0.00396. The number of hydrogen-bond acceptors (Lipinski definition) is 1. The lowest BCUT2D eigenvalue weighted by Gasteiger charge is -2.49. The molecule has 4 unspecified atom stereocenters. The molecule has 0 amide bonds. The maximum absolute atomic E-state index is 2.97. The molecule has 0 spiro atoms. The second kappa shape index (κ2) is 6.81. The highest BCUT2D eigenvalue weighted by molar-refractivity contribution is 4.91. The van der Waals surface area contributed by atoms with Crippen molar-refractivity contribution in [1.82, 2.24) is 4.90 Å². The van der Waals surface area contributed by atoms with Gasteiger partial charge in [0.05, 0.1) is 0 Å². The first-order valence-electron chi connectivity index (χ1n) is 9.14. The van der Waals surface area contributed by atoms with E-state index in [-0.39, 0.29) is 0 Å². The van der Waals surface area contributed by atoms with Gasteiger partial charge in [-0.1, -0.05) is 60.3 Å². The van der Waals surface area contributed by atoms with Crippen LogP contribution in [0.2, 0.25) is 0 Å². The van der Waals surface area contributed by atoms with Gasteiger partial charge in [-0.3, -0.25) is 4.90 Å². The summed E-state index contributed by atoms with van der Waals surface area (Å²) in [5.41, 5.74) is 0.425. The fourth-order valence-corrected chi connectivity index (χ4v) is 4.61. The van der Waals surface area contributed by atoms with Gasteiger partial charge in [0.25, 0.3) is 0 Å². The van der Waals surface area contributed by atoms with Gasteiger partial charge in [0.2, 0.25) is 0 Å². The van der Waals surface area contributed by atoms with Crippen molar-refractivity contribution in [2.45, 2.75) is 98.1 Å². The number of hydrogen-bond donors (Lipinski definition) is 0. The first-order valence-corrected chi connectivity index (χ1v) is 9.14. The van der Waals surface area contributed by atoms with Gasteiger partial charge < -0.3 is 0 Å². The Morgan fingerprint density at radius 1 is 0.750 bits per heavy atom. The summed E-state index contributed by atoms with van der Waals surface area (Å²) in [5.74, 6) is 1.81. The molecule has 2 fully saturated rings. The van der Waals surface area contributed by atoms with E-state index in [2.05, 4.69) is 39.5 Å². The van der Waals surface area contributed by atoms with Gasteiger partial charge in [-0.2, -0.15) is 0 Å². The Balaban J connectivity index is 2.14. The Morgan fingerprint density at radius 2 is 1.15 bits per heavy atom. The monoisotopic (exact) mass is 279 g/mol. The van der Waals surface area contributed by atoms with E-state index < -0.39 is 0 Å². The molecule has 2 saturated carbocycles. The Bertz CT molecular complexity index is 269. The molecule has 1 heteroatoms. The van der Waals surface area contributed by atoms with Crippen LogP contribution in [0.4, 0.5) is 0 Å². The van der Waals surface area contributed by atoms with Crippen LogP contribution in [0.5, 0.6) is 0 Å². The van der Waals surface area contributed by atoms with E-state index in [0.29, 0.717) is 5.41 Å². The first-order chi connectivity index (χ1) is 9.38. The largest absolute Gasteiger partial charge is 0.296 e. The number of nitrogens with zero attached hydrogens (tertiary/aromatic N) is 1. The van der Waals surface area contributed by atoms with Crippen molar-refractivity contribution in [3.8, 4) is 0 Å². The van der Waals surface area contributed by atoms with E-state index in [9.17, 15) is 0 Å². The van der Waals surface area contributed by atoms with E-state index in [1.54, 1.807) is 0 Å². The van der Waals surface area contributed by atoms with E-state index >= 15 is 0 Å². The molecule has 2 rings (SSSR count). The van der Waals surface area contributed by atoms with Crippen LogP contribution in [0.15, 0.2) is 0 Å². The highest BCUT2D eigenvalue weighted by atomic mass is 15.2. The minimum Gasteiger partial charge on any atom is -0.296 e. The van der Waals surface area contributed by atoms with Gasteiger partial charge in [0, 0.05) is 18.6 Å². The molecule has 2 aliphatic carbocycles. The minimum atomic E-state index is 0.425. The predicted octanol–water partition coefficient (Wildman–Crippen LogP) is 5.49. The lowest BCUT2D eigenvalue weighted by Crippen LogP contribution is -2.53. The van der Waals surface area contributed by atoms with E-state index in [4.69, 9.17) is 0 Å². The fraction of sp³-hybridized carbons (Fsp3) is 1.00. The van der Waals surface area contributed by atoms with Crippen molar-refractivity contribution in [2.75, 3.05) is 6.54 Å². The third-order valence-corrected chi connectivity index (χ3v) is 5.64. The minimum absolute atomic E-state index is 0.425. The normalized spacial score (nSPS) is 36.3. The summed E-state index contributed by atoms with van der Waals surface area (Å²) < 4.78 is 0. The van der Waals surface area contributed by atoms with E-state index in [1.165, 1.54) is 57.9 Å². The molecular formula is C19H37N. The van der Waals surface area contributed by atoms with E-state index in [1.807, 2.05) is 0 Å². The summed E-state index contributed by atoms with van der Waals surface area (Å²) in [7, 11) is 0. The highest BCUT2D eigenvalue weighted by Gasteiger charge is 2.36. The molecule has 118 valence electrons. The average molecular weight is 280 g/mol. The Morgan fingerprint density at radius 3 is 1.50 bits per heavy atom. The zero-order valence-electron chi connectivity index (χ0n) is 14.6. The molecule has 2 aliphatic rings. The zero-order chi connectivity index (χ0) is 14.8. The summed E-state index contributed by atoms with van der Waals surface area (Å²) in [6.07, 6.45) is 11.6. The molecule has 0 aromatic carbocycles. The molecular weight excluding hydrogens is 242 g/mol. The molecule has 1 nitrogen and oxygen atoms in total. The summed E-state index contributed by atoms with van der Waals surface area (Å²) in [6, 6.07) is 1.71. The van der Waals surface area contributed by atoms with Gasteiger partial charge in [0.15, 0.2) is 0 Å². The molecule has 0 N–H and O–H groups in total. The van der Waals surface area contributed by atoms with Gasteiger partial charge in [0.1, 0.15) is 0 Å². The Hall–Kier alpha value is -0.0400. The van der Waals surface area contributed by atoms with Crippen molar-refractivity contribution >= 4 is 0 Å². The average Bonchev–Trinajstić information content (AvgIpc) is 2.37. The van der Waals surface area contributed by atoms with Crippen LogP contribution in [-0.4, -0.2) is 23.5 Å².